The van der Waals surface area contributed by atoms with E-state index in [0.29, 0.717) is 18.0 Å². The Hall–Kier alpha value is -2.82. The second kappa shape index (κ2) is 7.83. The molecule has 1 atom stereocenters. The van der Waals surface area contributed by atoms with Gasteiger partial charge in [-0.25, -0.2) is 0 Å². The van der Waals surface area contributed by atoms with E-state index in [2.05, 4.69) is 45.5 Å². The summed E-state index contributed by atoms with van der Waals surface area (Å²) in [7, 11) is 1.81. The highest BCUT2D eigenvalue weighted by Gasteiger charge is 2.25. The molecule has 2 aromatic carbocycles. The van der Waals surface area contributed by atoms with E-state index in [0.717, 1.165) is 31.0 Å². The molecule has 1 aliphatic rings. The Morgan fingerprint density at radius 1 is 1.20 bits per heavy atom. The Labute approximate surface area is 148 Å². The fourth-order valence-electron chi connectivity index (χ4n) is 3.25. The zero-order valence-electron chi connectivity index (χ0n) is 14.5. The minimum Gasteiger partial charge on any atom is -0.366 e. The highest BCUT2D eigenvalue weighted by atomic mass is 16.1. The largest absolute Gasteiger partial charge is 0.366 e. The number of guanidine groups is 1. The maximum absolute atomic E-state index is 11.1. The predicted molar refractivity (Wildman–Crippen MR) is 101 cm³/mol. The van der Waals surface area contributed by atoms with Crippen LogP contribution in [0.15, 0.2) is 59.6 Å². The number of nitrogens with two attached hydrogens (primary N) is 1. The Bertz CT molecular complexity index is 740. The minimum absolute atomic E-state index is 0.403. The van der Waals surface area contributed by atoms with Crippen molar-refractivity contribution in [2.75, 3.05) is 20.1 Å². The second-order valence-corrected chi connectivity index (χ2v) is 6.30. The average Bonchev–Trinajstić information content (AvgIpc) is 3.13. The molecule has 0 aliphatic carbocycles. The predicted octanol–water partition coefficient (Wildman–Crippen LogP) is 2.35. The zero-order chi connectivity index (χ0) is 17.6. The third kappa shape index (κ3) is 4.18. The van der Waals surface area contributed by atoms with Crippen LogP contribution in [-0.2, 0) is 6.54 Å². The van der Waals surface area contributed by atoms with Crippen molar-refractivity contribution in [2.45, 2.75) is 18.9 Å². The molecule has 1 unspecified atom stereocenters. The smallest absolute Gasteiger partial charge is 0.248 e. The number of carbonyl (C=O) groups is 1. The van der Waals surface area contributed by atoms with Crippen LogP contribution in [0.4, 0.5) is 0 Å². The van der Waals surface area contributed by atoms with Gasteiger partial charge < -0.3 is 16.0 Å². The SMILES string of the molecule is CN=C(NCc1ccc(C(N)=O)cc1)N1CCC(c2ccccc2)C1. The first-order chi connectivity index (χ1) is 12.2. The molecule has 0 bridgehead atoms. The first kappa shape index (κ1) is 17.0. The molecule has 1 saturated heterocycles. The minimum atomic E-state index is -0.403. The van der Waals surface area contributed by atoms with Crippen molar-refractivity contribution in [3.63, 3.8) is 0 Å². The van der Waals surface area contributed by atoms with Crippen molar-refractivity contribution < 1.29 is 4.79 Å². The van der Waals surface area contributed by atoms with Crippen molar-refractivity contribution >= 4 is 11.9 Å². The number of hydrogen-bond donors (Lipinski definition) is 2. The Morgan fingerprint density at radius 3 is 2.56 bits per heavy atom. The number of rotatable bonds is 4. The summed E-state index contributed by atoms with van der Waals surface area (Å²) in [5.74, 6) is 1.06. The van der Waals surface area contributed by atoms with Crippen LogP contribution in [0, 0.1) is 0 Å². The maximum Gasteiger partial charge on any atom is 0.248 e. The molecule has 1 aliphatic heterocycles. The van der Waals surface area contributed by atoms with Crippen LogP contribution in [-0.4, -0.2) is 36.9 Å². The van der Waals surface area contributed by atoms with Crippen LogP contribution >= 0.6 is 0 Å². The van der Waals surface area contributed by atoms with Gasteiger partial charge in [-0.1, -0.05) is 42.5 Å². The van der Waals surface area contributed by atoms with E-state index in [9.17, 15) is 4.79 Å². The van der Waals surface area contributed by atoms with Gasteiger partial charge in [-0.3, -0.25) is 9.79 Å². The summed E-state index contributed by atoms with van der Waals surface area (Å²) in [5, 5.41) is 3.41. The van der Waals surface area contributed by atoms with E-state index < -0.39 is 5.91 Å². The molecule has 3 rings (SSSR count). The molecule has 5 heteroatoms. The molecule has 1 amide bonds. The highest BCUT2D eigenvalue weighted by molar-refractivity contribution is 5.92. The number of nitrogens with one attached hydrogen (secondary N) is 1. The third-order valence-corrected chi connectivity index (χ3v) is 4.66. The van der Waals surface area contributed by atoms with Gasteiger partial charge in [0, 0.05) is 38.2 Å². The van der Waals surface area contributed by atoms with Crippen LogP contribution in [0.1, 0.15) is 33.8 Å². The Morgan fingerprint density at radius 2 is 1.92 bits per heavy atom. The van der Waals surface area contributed by atoms with Gasteiger partial charge in [0.1, 0.15) is 0 Å². The number of benzene rings is 2. The molecule has 25 heavy (non-hydrogen) atoms. The molecular formula is C20H24N4O. The molecule has 1 heterocycles. The lowest BCUT2D eigenvalue weighted by molar-refractivity contribution is 0.100. The monoisotopic (exact) mass is 336 g/mol. The van der Waals surface area contributed by atoms with Crippen LogP contribution in [0.25, 0.3) is 0 Å². The Kier molecular flexibility index (Phi) is 5.33. The van der Waals surface area contributed by atoms with Crippen molar-refractivity contribution in [3.8, 4) is 0 Å². The molecule has 130 valence electrons. The number of primary amides is 1. The summed E-state index contributed by atoms with van der Waals surface area (Å²) < 4.78 is 0. The van der Waals surface area contributed by atoms with Crippen molar-refractivity contribution in [3.05, 3.63) is 71.3 Å². The fraction of sp³-hybridized carbons (Fsp3) is 0.300. The van der Waals surface area contributed by atoms with Crippen LogP contribution in [0.5, 0.6) is 0 Å². The van der Waals surface area contributed by atoms with Gasteiger partial charge in [0.05, 0.1) is 0 Å². The molecule has 3 N–H and O–H groups in total. The van der Waals surface area contributed by atoms with Crippen LogP contribution < -0.4 is 11.1 Å². The molecule has 0 radical (unpaired) electrons. The summed E-state index contributed by atoms with van der Waals surface area (Å²) in [4.78, 5) is 17.8. The van der Waals surface area contributed by atoms with Crippen molar-refractivity contribution in [1.82, 2.24) is 10.2 Å². The van der Waals surface area contributed by atoms with Gasteiger partial charge in [-0.15, -0.1) is 0 Å². The van der Waals surface area contributed by atoms with Gasteiger partial charge in [0.25, 0.3) is 0 Å². The fourth-order valence-corrected chi connectivity index (χ4v) is 3.25. The number of likely N-dealkylation sites (tertiary alicyclic amines) is 1. The number of nitrogens with zero attached hydrogens (tertiary/aromatic N) is 2. The second-order valence-electron chi connectivity index (χ2n) is 6.30. The summed E-state index contributed by atoms with van der Waals surface area (Å²) in [6, 6.07) is 18.0. The molecule has 1 fully saturated rings. The van der Waals surface area contributed by atoms with E-state index >= 15 is 0 Å². The zero-order valence-corrected chi connectivity index (χ0v) is 14.5. The van der Waals surface area contributed by atoms with Gasteiger partial charge in [-0.05, 0) is 29.7 Å². The molecule has 0 saturated carbocycles. The highest BCUT2D eigenvalue weighted by Crippen LogP contribution is 2.26. The lowest BCUT2D eigenvalue weighted by Crippen LogP contribution is -2.39. The van der Waals surface area contributed by atoms with E-state index in [1.165, 1.54) is 5.56 Å². The third-order valence-electron chi connectivity index (χ3n) is 4.66. The van der Waals surface area contributed by atoms with E-state index in [4.69, 9.17) is 5.73 Å². The quantitative estimate of drug-likeness (QED) is 0.665. The van der Waals surface area contributed by atoms with Gasteiger partial charge in [-0.2, -0.15) is 0 Å². The normalized spacial score (nSPS) is 17.6. The van der Waals surface area contributed by atoms with Crippen molar-refractivity contribution in [1.29, 1.82) is 0 Å². The standard InChI is InChI=1S/C20H24N4O/c1-22-20(23-13-15-7-9-17(10-8-15)19(21)25)24-12-11-18(14-24)16-5-3-2-4-6-16/h2-10,18H,11-14H2,1H3,(H2,21,25)(H,22,23). The van der Waals surface area contributed by atoms with Gasteiger partial charge in [0.2, 0.25) is 5.91 Å². The summed E-state index contributed by atoms with van der Waals surface area (Å²) in [5.41, 5.74) is 8.28. The molecule has 5 nitrogen and oxygen atoms in total. The molecular weight excluding hydrogens is 312 g/mol. The number of carbonyl (C=O) groups excluding carboxylic acids is 1. The topological polar surface area (TPSA) is 70.7 Å². The summed E-state index contributed by atoms with van der Waals surface area (Å²) in [6.07, 6.45) is 1.14. The lowest BCUT2D eigenvalue weighted by atomic mass is 9.99. The summed E-state index contributed by atoms with van der Waals surface area (Å²) >= 11 is 0. The van der Waals surface area contributed by atoms with Crippen LogP contribution in [0.3, 0.4) is 0 Å². The van der Waals surface area contributed by atoms with E-state index in [-0.39, 0.29) is 0 Å². The molecule has 0 spiro atoms. The first-order valence-electron chi connectivity index (χ1n) is 8.56. The number of amides is 1. The van der Waals surface area contributed by atoms with E-state index in [1.54, 1.807) is 12.1 Å². The number of aliphatic imine (C=N–C) groups is 1. The molecule has 2 aromatic rings. The average molecular weight is 336 g/mol. The van der Waals surface area contributed by atoms with Crippen LogP contribution in [0.2, 0.25) is 0 Å². The van der Waals surface area contributed by atoms with Crippen molar-refractivity contribution in [2.24, 2.45) is 10.7 Å². The summed E-state index contributed by atoms with van der Waals surface area (Å²) in [6.45, 7) is 2.64. The van der Waals surface area contributed by atoms with Gasteiger partial charge >= 0.3 is 0 Å². The first-order valence-corrected chi connectivity index (χ1v) is 8.56. The van der Waals surface area contributed by atoms with E-state index in [1.807, 2.05) is 19.2 Å². The molecule has 0 aromatic heterocycles. The van der Waals surface area contributed by atoms with Gasteiger partial charge in [0.15, 0.2) is 5.96 Å². The number of hydrogen-bond acceptors (Lipinski definition) is 2. The lowest BCUT2D eigenvalue weighted by Gasteiger charge is -2.22. The maximum atomic E-state index is 11.1. The Balaban J connectivity index is 1.57.